The Labute approximate surface area is 200 Å². The van der Waals surface area contributed by atoms with Crippen LogP contribution in [0.1, 0.15) is 57.7 Å². The normalized spacial score (nSPS) is 12.2. The summed E-state index contributed by atoms with van der Waals surface area (Å²) in [4.78, 5) is 28.0. The molecule has 0 aromatic heterocycles. The zero-order valence-corrected chi connectivity index (χ0v) is 21.6. The topological polar surface area (TPSA) is 58.6 Å². The summed E-state index contributed by atoms with van der Waals surface area (Å²) in [5.41, 5.74) is 2.89. The van der Waals surface area contributed by atoms with Gasteiger partial charge in [0.1, 0.15) is 11.8 Å². The predicted octanol–water partition coefficient (Wildman–Crippen LogP) is 5.42. The molecule has 0 radical (unpaired) electrons. The van der Waals surface area contributed by atoms with E-state index in [4.69, 9.17) is 4.74 Å². The Balaban J connectivity index is 2.25. The molecule has 2 amide bonds. The minimum absolute atomic E-state index is 0.144. The molecule has 0 aliphatic heterocycles. The van der Waals surface area contributed by atoms with Crippen molar-refractivity contribution < 1.29 is 14.3 Å². The monoisotopic (exact) mass is 502 g/mol. The highest BCUT2D eigenvalue weighted by molar-refractivity contribution is 9.10. The van der Waals surface area contributed by atoms with Crippen LogP contribution in [0, 0.1) is 6.92 Å². The molecule has 0 bridgehead atoms. The number of aryl methyl sites for hydroxylation is 2. The Bertz CT molecular complexity index is 937. The predicted molar refractivity (Wildman–Crippen MR) is 133 cm³/mol. The molecule has 0 fully saturated rings. The molecule has 2 aromatic rings. The number of benzene rings is 2. The van der Waals surface area contributed by atoms with Crippen LogP contribution in [0.4, 0.5) is 0 Å². The van der Waals surface area contributed by atoms with Crippen molar-refractivity contribution in [2.24, 2.45) is 0 Å². The largest absolute Gasteiger partial charge is 0.483 e. The van der Waals surface area contributed by atoms with E-state index in [0.717, 1.165) is 22.0 Å². The SMILES string of the molecule is CCc1ccc(OCC(=O)N(Cc2cccc(C)c2)[C@@H](CC)C(=O)NC(C)(C)C)c(Br)c1. The van der Waals surface area contributed by atoms with Crippen molar-refractivity contribution in [3.05, 3.63) is 63.6 Å². The summed E-state index contributed by atoms with van der Waals surface area (Å²) in [6, 6.07) is 13.3. The van der Waals surface area contributed by atoms with Gasteiger partial charge in [-0.2, -0.15) is 0 Å². The highest BCUT2D eigenvalue weighted by Gasteiger charge is 2.31. The van der Waals surface area contributed by atoms with Crippen LogP contribution in [-0.2, 0) is 22.6 Å². The maximum Gasteiger partial charge on any atom is 0.261 e. The number of hydrogen-bond donors (Lipinski definition) is 1. The summed E-state index contributed by atoms with van der Waals surface area (Å²) in [6.07, 6.45) is 1.43. The van der Waals surface area contributed by atoms with E-state index in [1.165, 1.54) is 5.56 Å². The fraction of sp³-hybridized carbons (Fsp3) is 0.462. The van der Waals surface area contributed by atoms with E-state index in [9.17, 15) is 9.59 Å². The van der Waals surface area contributed by atoms with Crippen LogP contribution in [0.2, 0.25) is 0 Å². The first-order valence-corrected chi connectivity index (χ1v) is 11.9. The fourth-order valence-corrected chi connectivity index (χ4v) is 4.02. The quantitative estimate of drug-likeness (QED) is 0.497. The summed E-state index contributed by atoms with van der Waals surface area (Å²) < 4.78 is 6.66. The van der Waals surface area contributed by atoms with Gasteiger partial charge in [-0.3, -0.25) is 9.59 Å². The van der Waals surface area contributed by atoms with Gasteiger partial charge in [0.05, 0.1) is 4.47 Å². The van der Waals surface area contributed by atoms with Gasteiger partial charge in [-0.1, -0.05) is 49.7 Å². The molecule has 0 heterocycles. The average Bonchev–Trinajstić information content (AvgIpc) is 2.71. The van der Waals surface area contributed by atoms with Crippen molar-refractivity contribution in [1.29, 1.82) is 0 Å². The van der Waals surface area contributed by atoms with Gasteiger partial charge in [0.25, 0.3) is 5.91 Å². The van der Waals surface area contributed by atoms with Crippen molar-refractivity contribution >= 4 is 27.7 Å². The molecule has 32 heavy (non-hydrogen) atoms. The lowest BCUT2D eigenvalue weighted by Gasteiger charge is -2.33. The summed E-state index contributed by atoms with van der Waals surface area (Å²) in [5.74, 6) is 0.224. The van der Waals surface area contributed by atoms with Crippen LogP contribution in [0.5, 0.6) is 5.75 Å². The Kier molecular flexibility index (Phi) is 9.32. The minimum atomic E-state index is -0.586. The third-order valence-electron chi connectivity index (χ3n) is 5.08. The summed E-state index contributed by atoms with van der Waals surface area (Å²) in [5, 5.41) is 3.02. The second-order valence-corrected chi connectivity index (χ2v) is 9.94. The molecule has 174 valence electrons. The van der Waals surface area contributed by atoms with E-state index in [-0.39, 0.29) is 24.0 Å². The van der Waals surface area contributed by atoms with Crippen molar-refractivity contribution in [3.63, 3.8) is 0 Å². The summed E-state index contributed by atoms with van der Waals surface area (Å²) in [6.45, 7) is 12.0. The van der Waals surface area contributed by atoms with Crippen molar-refractivity contribution in [3.8, 4) is 5.75 Å². The molecule has 0 spiro atoms. The van der Waals surface area contributed by atoms with Gasteiger partial charge in [-0.15, -0.1) is 0 Å². The van der Waals surface area contributed by atoms with E-state index in [1.54, 1.807) is 4.90 Å². The van der Waals surface area contributed by atoms with Gasteiger partial charge >= 0.3 is 0 Å². The van der Waals surface area contributed by atoms with E-state index in [1.807, 2.05) is 77.1 Å². The Morgan fingerprint density at radius 2 is 1.81 bits per heavy atom. The van der Waals surface area contributed by atoms with Crippen LogP contribution in [0.15, 0.2) is 46.9 Å². The Morgan fingerprint density at radius 3 is 2.38 bits per heavy atom. The van der Waals surface area contributed by atoms with Gasteiger partial charge in [-0.05, 0) is 79.7 Å². The number of carbonyl (C=O) groups is 2. The third kappa shape index (κ3) is 7.66. The Morgan fingerprint density at radius 1 is 1.09 bits per heavy atom. The molecular formula is C26H35BrN2O3. The fourth-order valence-electron chi connectivity index (χ4n) is 3.48. The molecule has 0 aliphatic rings. The standard InChI is InChI=1S/C26H35BrN2O3/c1-7-19-12-13-23(21(27)15-19)32-17-24(30)29(16-20-11-9-10-18(3)14-20)22(8-2)25(31)28-26(4,5)6/h9-15,22H,7-8,16-17H2,1-6H3,(H,28,31)/t22-/m0/s1. The molecule has 2 rings (SSSR count). The maximum absolute atomic E-state index is 13.3. The number of carbonyl (C=O) groups excluding carboxylic acids is 2. The molecule has 0 saturated carbocycles. The van der Waals surface area contributed by atoms with Crippen LogP contribution in [0.25, 0.3) is 0 Å². The number of rotatable bonds is 9. The van der Waals surface area contributed by atoms with E-state index < -0.39 is 6.04 Å². The van der Waals surface area contributed by atoms with Crippen molar-refractivity contribution in [1.82, 2.24) is 10.2 Å². The zero-order valence-electron chi connectivity index (χ0n) is 20.0. The minimum Gasteiger partial charge on any atom is -0.483 e. The zero-order chi connectivity index (χ0) is 23.9. The second kappa shape index (κ2) is 11.5. The Hall–Kier alpha value is -2.34. The van der Waals surface area contributed by atoms with Crippen LogP contribution in [-0.4, -0.2) is 34.9 Å². The number of halogens is 1. The second-order valence-electron chi connectivity index (χ2n) is 9.08. The molecule has 2 aromatic carbocycles. The molecule has 1 N–H and O–H groups in total. The van der Waals surface area contributed by atoms with Gasteiger partial charge in [0, 0.05) is 12.1 Å². The molecule has 0 saturated heterocycles. The molecule has 0 aliphatic carbocycles. The lowest BCUT2D eigenvalue weighted by Crippen LogP contribution is -2.54. The van der Waals surface area contributed by atoms with Crippen molar-refractivity contribution in [2.75, 3.05) is 6.61 Å². The number of hydrogen-bond acceptors (Lipinski definition) is 3. The first kappa shape index (κ1) is 25.9. The van der Waals surface area contributed by atoms with Gasteiger partial charge in [0.2, 0.25) is 5.91 Å². The first-order chi connectivity index (χ1) is 15.0. The van der Waals surface area contributed by atoms with Crippen LogP contribution in [0.3, 0.4) is 0 Å². The molecule has 0 unspecified atom stereocenters. The highest BCUT2D eigenvalue weighted by Crippen LogP contribution is 2.26. The van der Waals surface area contributed by atoms with E-state index in [0.29, 0.717) is 18.7 Å². The molecular weight excluding hydrogens is 468 g/mol. The third-order valence-corrected chi connectivity index (χ3v) is 5.69. The van der Waals surface area contributed by atoms with Gasteiger partial charge in [0.15, 0.2) is 6.61 Å². The van der Waals surface area contributed by atoms with Crippen molar-refractivity contribution in [2.45, 2.75) is 72.5 Å². The summed E-state index contributed by atoms with van der Waals surface area (Å²) >= 11 is 3.52. The highest BCUT2D eigenvalue weighted by atomic mass is 79.9. The van der Waals surface area contributed by atoms with Gasteiger partial charge < -0.3 is 15.0 Å². The first-order valence-electron chi connectivity index (χ1n) is 11.1. The summed E-state index contributed by atoms with van der Waals surface area (Å²) in [7, 11) is 0. The lowest BCUT2D eigenvalue weighted by molar-refractivity contribution is -0.143. The lowest BCUT2D eigenvalue weighted by atomic mass is 10.1. The van der Waals surface area contributed by atoms with E-state index >= 15 is 0 Å². The number of amides is 2. The molecule has 1 atom stereocenters. The molecule has 5 nitrogen and oxygen atoms in total. The average molecular weight is 503 g/mol. The maximum atomic E-state index is 13.3. The van der Waals surface area contributed by atoms with E-state index in [2.05, 4.69) is 28.2 Å². The number of nitrogens with zero attached hydrogens (tertiary/aromatic N) is 1. The smallest absolute Gasteiger partial charge is 0.261 e. The van der Waals surface area contributed by atoms with Crippen LogP contribution >= 0.6 is 15.9 Å². The van der Waals surface area contributed by atoms with Crippen LogP contribution < -0.4 is 10.1 Å². The molecule has 6 heteroatoms. The number of nitrogens with one attached hydrogen (secondary N) is 1. The number of ether oxygens (including phenoxy) is 1. The van der Waals surface area contributed by atoms with Gasteiger partial charge in [-0.25, -0.2) is 0 Å².